The Labute approximate surface area is 108 Å². The largest absolute Gasteiger partial charge is 0.490 e. The molecule has 2 aromatic rings. The lowest BCUT2D eigenvalue weighted by atomic mass is 10.2. The first-order valence-electron chi connectivity index (χ1n) is 5.40. The maximum Gasteiger partial charge on any atom is 0.204 e. The number of hydrogen-bond donors (Lipinski definition) is 2. The lowest BCUT2D eigenvalue weighted by molar-refractivity contribution is 0.415. The quantitative estimate of drug-likeness (QED) is 0.892. The van der Waals surface area contributed by atoms with Crippen LogP contribution in [0.1, 0.15) is 5.56 Å². The molecule has 0 unspecified atom stereocenters. The Morgan fingerprint density at radius 2 is 1.95 bits per heavy atom. The Hall–Kier alpha value is -2.44. The van der Waals surface area contributed by atoms with Crippen LogP contribution in [-0.4, -0.2) is 17.1 Å². The highest BCUT2D eigenvalue weighted by molar-refractivity contribution is 5.68. The van der Waals surface area contributed by atoms with E-state index in [1.165, 1.54) is 20.4 Å². The summed E-state index contributed by atoms with van der Waals surface area (Å²) < 4.78 is 32.1. The second kappa shape index (κ2) is 5.05. The number of nitrogens with zero attached hydrogens (tertiary/aromatic N) is 2. The molecule has 100 valence electrons. The van der Waals surface area contributed by atoms with E-state index in [2.05, 4.69) is 15.3 Å². The van der Waals surface area contributed by atoms with E-state index >= 15 is 0 Å². The molecular weight excluding hydrogens is 254 g/mol. The lowest BCUT2D eigenvalue weighted by Crippen LogP contribution is -2.04. The van der Waals surface area contributed by atoms with Gasteiger partial charge in [-0.15, -0.1) is 0 Å². The Morgan fingerprint density at radius 1 is 1.21 bits per heavy atom. The van der Waals surface area contributed by atoms with E-state index in [1.54, 1.807) is 0 Å². The van der Waals surface area contributed by atoms with Crippen molar-refractivity contribution in [2.45, 2.75) is 6.92 Å². The van der Waals surface area contributed by atoms with Crippen LogP contribution < -0.4 is 15.8 Å². The number of nitrogens with two attached hydrogens (primary N) is 1. The van der Waals surface area contributed by atoms with Gasteiger partial charge in [-0.3, -0.25) is 0 Å². The number of nitrogen functional groups attached to an aromatic ring is 1. The second-order valence-corrected chi connectivity index (χ2v) is 3.85. The maximum atomic E-state index is 13.7. The van der Waals surface area contributed by atoms with Crippen LogP contribution in [-0.2, 0) is 0 Å². The molecule has 1 heterocycles. The fourth-order valence-electron chi connectivity index (χ4n) is 1.55. The van der Waals surface area contributed by atoms with Gasteiger partial charge in [0.05, 0.1) is 12.8 Å². The van der Waals surface area contributed by atoms with Crippen LogP contribution in [0.4, 0.5) is 26.1 Å². The van der Waals surface area contributed by atoms with Crippen molar-refractivity contribution in [1.82, 2.24) is 9.97 Å². The molecule has 0 bridgehead atoms. The smallest absolute Gasteiger partial charge is 0.204 e. The van der Waals surface area contributed by atoms with Crippen molar-refractivity contribution in [2.24, 2.45) is 0 Å². The third kappa shape index (κ3) is 2.54. The van der Waals surface area contributed by atoms with Crippen molar-refractivity contribution in [3.63, 3.8) is 0 Å². The van der Waals surface area contributed by atoms with Gasteiger partial charge in [0.1, 0.15) is 18.0 Å². The minimum Gasteiger partial charge on any atom is -0.490 e. The average Bonchev–Trinajstić information content (AvgIpc) is 2.36. The minimum absolute atomic E-state index is 0.0560. The van der Waals surface area contributed by atoms with Gasteiger partial charge in [-0.1, -0.05) is 0 Å². The molecule has 19 heavy (non-hydrogen) atoms. The molecule has 0 fully saturated rings. The van der Waals surface area contributed by atoms with Crippen molar-refractivity contribution in [3.05, 3.63) is 35.7 Å². The molecule has 0 aliphatic heterocycles. The zero-order chi connectivity index (χ0) is 14.0. The summed E-state index contributed by atoms with van der Waals surface area (Å²) in [6, 6.07) is 2.14. The third-order valence-electron chi connectivity index (χ3n) is 2.54. The van der Waals surface area contributed by atoms with Gasteiger partial charge in [0.25, 0.3) is 0 Å². The highest BCUT2D eigenvalue weighted by Crippen LogP contribution is 2.30. The molecule has 2 rings (SSSR count). The van der Waals surface area contributed by atoms with Crippen LogP contribution in [0.3, 0.4) is 0 Å². The molecule has 0 saturated heterocycles. The van der Waals surface area contributed by atoms with Gasteiger partial charge in [0.2, 0.25) is 5.75 Å². The third-order valence-corrected chi connectivity index (χ3v) is 2.54. The summed E-state index contributed by atoms with van der Waals surface area (Å²) >= 11 is 0. The van der Waals surface area contributed by atoms with E-state index in [0.717, 1.165) is 12.1 Å². The lowest BCUT2D eigenvalue weighted by Gasteiger charge is -2.12. The van der Waals surface area contributed by atoms with E-state index in [1.807, 2.05) is 0 Å². The Morgan fingerprint density at radius 3 is 2.63 bits per heavy atom. The first-order chi connectivity index (χ1) is 9.02. The topological polar surface area (TPSA) is 73.1 Å². The number of aromatic nitrogens is 2. The fourth-order valence-corrected chi connectivity index (χ4v) is 1.55. The number of nitrogens with one attached hydrogen (secondary N) is 1. The number of aryl methyl sites for hydroxylation is 1. The minimum atomic E-state index is -0.599. The van der Waals surface area contributed by atoms with Crippen molar-refractivity contribution in [1.29, 1.82) is 0 Å². The van der Waals surface area contributed by atoms with Crippen molar-refractivity contribution in [3.8, 4) is 5.75 Å². The summed E-state index contributed by atoms with van der Waals surface area (Å²) in [4.78, 5) is 7.62. The molecule has 0 aliphatic rings. The predicted molar refractivity (Wildman–Crippen MR) is 67.4 cm³/mol. The standard InChI is InChI=1S/C12H12F2N4O/c1-6-3-8(14)9(4-7(6)13)18-12-10(19-2)11(15)16-5-17-12/h3-5H,1-2H3,(H3,15,16,17,18). The molecular formula is C12H12F2N4O. The molecule has 1 aromatic carbocycles. The highest BCUT2D eigenvalue weighted by atomic mass is 19.1. The van der Waals surface area contributed by atoms with Gasteiger partial charge in [0.15, 0.2) is 11.6 Å². The molecule has 7 heteroatoms. The summed E-state index contributed by atoms with van der Waals surface area (Å²) in [5.74, 6) is -0.684. The predicted octanol–water partition coefficient (Wildman–Crippen LogP) is 2.40. The molecule has 0 aliphatic carbocycles. The van der Waals surface area contributed by atoms with Crippen LogP contribution in [0.25, 0.3) is 0 Å². The molecule has 0 amide bonds. The molecule has 0 radical (unpaired) electrons. The van der Waals surface area contributed by atoms with Crippen molar-refractivity contribution < 1.29 is 13.5 Å². The van der Waals surface area contributed by atoms with Crippen molar-refractivity contribution >= 4 is 17.3 Å². The van der Waals surface area contributed by atoms with Gasteiger partial charge >= 0.3 is 0 Å². The average molecular weight is 266 g/mol. The van der Waals surface area contributed by atoms with Gasteiger partial charge in [-0.05, 0) is 18.6 Å². The summed E-state index contributed by atoms with van der Waals surface area (Å²) in [6.07, 6.45) is 1.20. The second-order valence-electron chi connectivity index (χ2n) is 3.85. The fraction of sp³-hybridized carbons (Fsp3) is 0.167. The Balaban J connectivity index is 2.42. The number of methoxy groups -OCH3 is 1. The number of rotatable bonds is 3. The molecule has 0 spiro atoms. The zero-order valence-corrected chi connectivity index (χ0v) is 10.4. The Kier molecular flexibility index (Phi) is 3.46. The first kappa shape index (κ1) is 13.0. The molecule has 3 N–H and O–H groups in total. The summed E-state index contributed by atoms with van der Waals surface area (Å²) in [7, 11) is 1.38. The summed E-state index contributed by atoms with van der Waals surface area (Å²) in [5, 5.41) is 2.63. The van der Waals surface area contributed by atoms with Gasteiger partial charge in [-0.25, -0.2) is 18.7 Å². The summed E-state index contributed by atoms with van der Waals surface area (Å²) in [5.41, 5.74) is 5.76. The highest BCUT2D eigenvalue weighted by Gasteiger charge is 2.13. The normalized spacial score (nSPS) is 10.3. The van der Waals surface area contributed by atoms with E-state index in [9.17, 15) is 8.78 Å². The molecule has 0 atom stereocenters. The molecule has 5 nitrogen and oxygen atoms in total. The molecule has 0 saturated carbocycles. The number of anilines is 3. The first-order valence-corrected chi connectivity index (χ1v) is 5.40. The van der Waals surface area contributed by atoms with Crippen LogP contribution in [0.15, 0.2) is 18.5 Å². The van der Waals surface area contributed by atoms with Crippen LogP contribution >= 0.6 is 0 Å². The molecule has 1 aromatic heterocycles. The van der Waals surface area contributed by atoms with E-state index in [0.29, 0.717) is 0 Å². The summed E-state index contributed by atoms with van der Waals surface area (Å²) in [6.45, 7) is 1.48. The van der Waals surface area contributed by atoms with Crippen LogP contribution in [0, 0.1) is 18.6 Å². The number of hydrogen-bond acceptors (Lipinski definition) is 5. The van der Waals surface area contributed by atoms with E-state index in [-0.39, 0.29) is 28.6 Å². The van der Waals surface area contributed by atoms with Crippen molar-refractivity contribution in [2.75, 3.05) is 18.2 Å². The van der Waals surface area contributed by atoms with Gasteiger partial charge < -0.3 is 15.8 Å². The maximum absolute atomic E-state index is 13.7. The number of benzene rings is 1. The van der Waals surface area contributed by atoms with E-state index < -0.39 is 11.6 Å². The monoisotopic (exact) mass is 266 g/mol. The van der Waals surface area contributed by atoms with Gasteiger partial charge in [0, 0.05) is 6.07 Å². The SMILES string of the molecule is COc1c(N)ncnc1Nc1cc(F)c(C)cc1F. The van der Waals surface area contributed by atoms with Crippen LogP contribution in [0.5, 0.6) is 5.75 Å². The zero-order valence-electron chi connectivity index (χ0n) is 10.4. The van der Waals surface area contributed by atoms with Crippen LogP contribution in [0.2, 0.25) is 0 Å². The van der Waals surface area contributed by atoms with E-state index in [4.69, 9.17) is 10.5 Å². The number of halogens is 2. The van der Waals surface area contributed by atoms with Gasteiger partial charge in [-0.2, -0.15) is 0 Å². The Bertz CT molecular complexity index is 619. The number of ether oxygens (including phenoxy) is 1.